The second-order valence-corrected chi connectivity index (χ2v) is 8.52. The van der Waals surface area contributed by atoms with Gasteiger partial charge >= 0.3 is 0 Å². The molecule has 0 atom stereocenters. The highest BCUT2D eigenvalue weighted by atomic mass is 19.1. The topological polar surface area (TPSA) is 44.4 Å². The Morgan fingerprint density at radius 3 is 2.55 bits per heavy atom. The zero-order valence-corrected chi connectivity index (χ0v) is 18.7. The van der Waals surface area contributed by atoms with Crippen LogP contribution in [0.2, 0.25) is 0 Å². The summed E-state index contributed by atoms with van der Waals surface area (Å²) in [5, 5.41) is 0.867. The van der Waals surface area contributed by atoms with Gasteiger partial charge in [-0.25, -0.2) is 13.8 Å². The molecule has 0 bridgehead atoms. The summed E-state index contributed by atoms with van der Waals surface area (Å²) >= 11 is 0. The molecule has 1 fully saturated rings. The first kappa shape index (κ1) is 21.4. The van der Waals surface area contributed by atoms with E-state index >= 15 is 0 Å². The first-order valence-electron chi connectivity index (χ1n) is 11.0. The molecule has 170 valence electrons. The van der Waals surface area contributed by atoms with Gasteiger partial charge in [0.1, 0.15) is 11.5 Å². The molecule has 0 radical (unpaired) electrons. The lowest BCUT2D eigenvalue weighted by Gasteiger charge is -2.34. The molecular weight excluding hydrogens is 422 g/mol. The Morgan fingerprint density at radius 1 is 0.970 bits per heavy atom. The minimum absolute atomic E-state index is 0.196. The number of fused-ring (bicyclic) bond motifs is 1. The molecule has 4 aromatic rings. The van der Waals surface area contributed by atoms with Gasteiger partial charge in [0, 0.05) is 55.1 Å². The number of likely N-dealkylation sites (N-methyl/N-ethyl adjacent to an activating group) is 1. The number of nitrogens with one attached hydrogen (secondary N) is 1. The fourth-order valence-corrected chi connectivity index (χ4v) is 4.49. The number of methoxy groups -OCH3 is 1. The van der Waals surface area contributed by atoms with Crippen LogP contribution >= 0.6 is 0 Å². The van der Waals surface area contributed by atoms with Crippen LogP contribution in [-0.2, 0) is 6.42 Å². The van der Waals surface area contributed by atoms with Gasteiger partial charge in [0.05, 0.1) is 12.8 Å². The molecule has 0 saturated carbocycles. The van der Waals surface area contributed by atoms with Gasteiger partial charge in [-0.15, -0.1) is 0 Å². The Kier molecular flexibility index (Phi) is 5.72. The predicted octanol–water partition coefficient (Wildman–Crippen LogP) is 4.86. The molecule has 0 spiro atoms. The van der Waals surface area contributed by atoms with E-state index in [-0.39, 0.29) is 11.6 Å². The summed E-state index contributed by atoms with van der Waals surface area (Å²) in [5.74, 6) is -0.410. The number of H-pyrrole nitrogens is 1. The highest BCUT2D eigenvalue weighted by molar-refractivity contribution is 5.95. The molecule has 1 saturated heterocycles. The molecule has 0 amide bonds. The number of hydrogen-bond acceptors (Lipinski definition) is 4. The van der Waals surface area contributed by atoms with Crippen LogP contribution in [0.4, 0.5) is 14.5 Å². The monoisotopic (exact) mass is 448 g/mol. The van der Waals surface area contributed by atoms with Gasteiger partial charge in [0.2, 0.25) is 0 Å². The van der Waals surface area contributed by atoms with Crippen LogP contribution in [0.5, 0.6) is 5.75 Å². The van der Waals surface area contributed by atoms with Crippen molar-refractivity contribution in [3.63, 3.8) is 0 Å². The van der Waals surface area contributed by atoms with E-state index in [4.69, 9.17) is 4.74 Å². The fourth-order valence-electron chi connectivity index (χ4n) is 4.49. The number of ether oxygens (including phenoxy) is 1. The third-order valence-electron chi connectivity index (χ3n) is 6.31. The van der Waals surface area contributed by atoms with Gasteiger partial charge in [0.15, 0.2) is 11.6 Å². The molecule has 1 N–H and O–H groups in total. The number of piperazine rings is 1. The summed E-state index contributed by atoms with van der Waals surface area (Å²) in [5.41, 5.74) is 4.66. The molecule has 1 aliphatic rings. The maximum absolute atomic E-state index is 14.9. The number of anilines is 1. The molecule has 5 rings (SSSR count). The number of halogens is 2. The lowest BCUT2D eigenvalue weighted by molar-refractivity contribution is 0.311. The van der Waals surface area contributed by atoms with Crippen molar-refractivity contribution in [1.29, 1.82) is 0 Å². The average molecular weight is 449 g/mol. The Labute approximate surface area is 191 Å². The van der Waals surface area contributed by atoms with E-state index < -0.39 is 5.82 Å². The molecular formula is C26H26F2N4O. The smallest absolute Gasteiger partial charge is 0.165 e. The number of aromatic nitrogens is 2. The molecule has 2 aromatic heterocycles. The van der Waals surface area contributed by atoms with Crippen molar-refractivity contribution in [1.82, 2.24) is 14.9 Å². The van der Waals surface area contributed by atoms with Crippen LogP contribution in [0.3, 0.4) is 0 Å². The van der Waals surface area contributed by atoms with E-state index in [1.807, 2.05) is 30.5 Å². The minimum atomic E-state index is -0.413. The van der Waals surface area contributed by atoms with Crippen molar-refractivity contribution in [2.45, 2.75) is 6.42 Å². The fraction of sp³-hybridized carbons (Fsp3) is 0.269. The Hall–Kier alpha value is -3.45. The van der Waals surface area contributed by atoms with E-state index in [1.165, 1.54) is 13.2 Å². The van der Waals surface area contributed by atoms with Gasteiger partial charge < -0.3 is 19.5 Å². The zero-order chi connectivity index (χ0) is 22.9. The van der Waals surface area contributed by atoms with Gasteiger partial charge in [-0.3, -0.25) is 0 Å². The van der Waals surface area contributed by atoms with Gasteiger partial charge in [0.25, 0.3) is 0 Å². The van der Waals surface area contributed by atoms with Crippen molar-refractivity contribution < 1.29 is 13.5 Å². The molecule has 0 aliphatic carbocycles. The summed E-state index contributed by atoms with van der Waals surface area (Å²) in [7, 11) is 3.54. The lowest BCUT2D eigenvalue weighted by Crippen LogP contribution is -2.44. The number of pyridine rings is 1. The summed E-state index contributed by atoms with van der Waals surface area (Å²) in [6.45, 7) is 3.52. The number of rotatable bonds is 5. The number of para-hydroxylation sites is 1. The normalized spacial score (nSPS) is 14.7. The summed E-state index contributed by atoms with van der Waals surface area (Å²) in [4.78, 5) is 12.0. The average Bonchev–Trinajstić information content (AvgIpc) is 3.23. The maximum atomic E-state index is 14.9. The van der Waals surface area contributed by atoms with Crippen molar-refractivity contribution >= 4 is 16.7 Å². The molecule has 33 heavy (non-hydrogen) atoms. The van der Waals surface area contributed by atoms with E-state index in [2.05, 4.69) is 26.8 Å². The Bertz CT molecular complexity index is 1290. The second-order valence-electron chi connectivity index (χ2n) is 8.52. The number of aromatic amines is 1. The summed E-state index contributed by atoms with van der Waals surface area (Å²) < 4.78 is 34.5. The van der Waals surface area contributed by atoms with E-state index in [1.54, 1.807) is 18.3 Å². The third kappa shape index (κ3) is 4.16. The number of benzene rings is 2. The second kappa shape index (κ2) is 8.83. The first-order chi connectivity index (χ1) is 16.0. The van der Waals surface area contributed by atoms with Crippen molar-refractivity contribution in [3.05, 3.63) is 77.6 Å². The Morgan fingerprint density at radius 2 is 1.79 bits per heavy atom. The minimum Gasteiger partial charge on any atom is -0.493 e. The molecule has 0 unspecified atom stereocenters. The molecule has 1 aliphatic heterocycles. The summed E-state index contributed by atoms with van der Waals surface area (Å²) in [6.07, 6.45) is 4.15. The predicted molar refractivity (Wildman–Crippen MR) is 127 cm³/mol. The molecule has 3 heterocycles. The standard InChI is InChI=1S/C26H26F2N4O/c1-31-8-10-32(11-9-31)24-7-6-17(14-23(24)28)12-18-13-20-21(16-30-26(20)29-15-18)19-4-3-5-22(27)25(19)33-2/h3-7,13-16H,8-12H2,1-2H3,(H,29,30). The molecule has 5 nitrogen and oxygen atoms in total. The third-order valence-corrected chi connectivity index (χ3v) is 6.31. The summed E-state index contributed by atoms with van der Waals surface area (Å²) in [6, 6.07) is 12.4. The van der Waals surface area contributed by atoms with E-state index in [0.29, 0.717) is 23.3 Å². The lowest BCUT2D eigenvalue weighted by atomic mass is 10.0. The van der Waals surface area contributed by atoms with Crippen LogP contribution in [0.15, 0.2) is 54.9 Å². The highest BCUT2D eigenvalue weighted by Gasteiger charge is 2.18. The van der Waals surface area contributed by atoms with Crippen LogP contribution in [0.1, 0.15) is 11.1 Å². The maximum Gasteiger partial charge on any atom is 0.165 e. The van der Waals surface area contributed by atoms with Gasteiger partial charge in [-0.1, -0.05) is 18.2 Å². The highest BCUT2D eigenvalue weighted by Crippen LogP contribution is 2.36. The van der Waals surface area contributed by atoms with E-state index in [9.17, 15) is 8.78 Å². The van der Waals surface area contributed by atoms with Crippen LogP contribution in [0, 0.1) is 11.6 Å². The van der Waals surface area contributed by atoms with Gasteiger partial charge in [-0.2, -0.15) is 0 Å². The van der Waals surface area contributed by atoms with Crippen LogP contribution in [0.25, 0.3) is 22.2 Å². The SMILES string of the molecule is COc1c(F)cccc1-c1c[nH]c2ncc(Cc3ccc(N4CCN(C)CC4)c(F)c3)cc12. The van der Waals surface area contributed by atoms with Crippen molar-refractivity contribution in [2.24, 2.45) is 0 Å². The first-order valence-corrected chi connectivity index (χ1v) is 11.0. The zero-order valence-electron chi connectivity index (χ0n) is 18.7. The van der Waals surface area contributed by atoms with Crippen molar-refractivity contribution in [3.8, 4) is 16.9 Å². The van der Waals surface area contributed by atoms with E-state index in [0.717, 1.165) is 48.3 Å². The molecule has 2 aromatic carbocycles. The number of nitrogens with zero attached hydrogens (tertiary/aromatic N) is 3. The number of hydrogen-bond donors (Lipinski definition) is 1. The Balaban J connectivity index is 1.43. The quantitative estimate of drug-likeness (QED) is 0.474. The van der Waals surface area contributed by atoms with Crippen LogP contribution < -0.4 is 9.64 Å². The van der Waals surface area contributed by atoms with Crippen LogP contribution in [-0.4, -0.2) is 55.2 Å². The molecule has 7 heteroatoms. The largest absolute Gasteiger partial charge is 0.493 e. The van der Waals surface area contributed by atoms with Crippen molar-refractivity contribution in [2.75, 3.05) is 45.2 Å². The van der Waals surface area contributed by atoms with Gasteiger partial charge in [-0.05, 0) is 48.9 Å².